The number of alkyl halides is 3. The molecule has 1 aliphatic carbocycles. The zero-order valence-electron chi connectivity index (χ0n) is 13.6. The van der Waals surface area contributed by atoms with Crippen LogP contribution in [0.15, 0.2) is 30.3 Å². The molecule has 3 rings (SSSR count). The van der Waals surface area contributed by atoms with Crippen molar-refractivity contribution in [2.45, 2.75) is 37.2 Å². The van der Waals surface area contributed by atoms with E-state index in [0.717, 1.165) is 31.0 Å². The van der Waals surface area contributed by atoms with Crippen LogP contribution in [0.3, 0.4) is 0 Å². The van der Waals surface area contributed by atoms with Crippen LogP contribution in [0.4, 0.5) is 17.6 Å². The van der Waals surface area contributed by atoms with Crippen molar-refractivity contribution in [1.29, 1.82) is 0 Å². The lowest BCUT2D eigenvalue weighted by molar-refractivity contribution is -0.141. The smallest absolute Gasteiger partial charge is 0.267 e. The number of aromatic nitrogens is 2. The number of rotatable bonds is 7. The summed E-state index contributed by atoms with van der Waals surface area (Å²) in [6.07, 6.45) is -2.92. The minimum Gasteiger partial charge on any atom is -0.267 e. The van der Waals surface area contributed by atoms with E-state index in [2.05, 4.69) is 9.82 Å². The third-order valence-electron chi connectivity index (χ3n) is 4.01. The highest BCUT2D eigenvalue weighted by Gasteiger charge is 2.37. The van der Waals surface area contributed by atoms with Gasteiger partial charge in [-0.25, -0.2) is 17.5 Å². The highest BCUT2D eigenvalue weighted by atomic mass is 32.2. The van der Waals surface area contributed by atoms with E-state index < -0.39 is 27.7 Å². The summed E-state index contributed by atoms with van der Waals surface area (Å²) >= 11 is 0. The van der Waals surface area contributed by atoms with Crippen molar-refractivity contribution in [3.8, 4) is 0 Å². The molecule has 0 radical (unpaired) electrons. The lowest BCUT2D eigenvalue weighted by atomic mass is 10.2. The van der Waals surface area contributed by atoms with Gasteiger partial charge in [0.05, 0.1) is 12.3 Å². The normalized spacial score (nSPS) is 15.4. The molecule has 26 heavy (non-hydrogen) atoms. The Kier molecular flexibility index (Phi) is 5.07. The molecule has 1 aromatic carbocycles. The van der Waals surface area contributed by atoms with Gasteiger partial charge in [0.2, 0.25) is 10.0 Å². The van der Waals surface area contributed by atoms with Gasteiger partial charge in [-0.05, 0) is 36.6 Å². The van der Waals surface area contributed by atoms with Crippen molar-refractivity contribution in [3.05, 3.63) is 53.1 Å². The van der Waals surface area contributed by atoms with Crippen molar-refractivity contribution in [3.63, 3.8) is 0 Å². The number of halogens is 4. The van der Waals surface area contributed by atoms with E-state index in [4.69, 9.17) is 0 Å². The first-order valence-electron chi connectivity index (χ1n) is 8.01. The molecule has 5 nitrogen and oxygen atoms in total. The number of benzene rings is 1. The molecule has 0 bridgehead atoms. The number of sulfonamides is 1. The van der Waals surface area contributed by atoms with E-state index in [0.29, 0.717) is 11.3 Å². The molecule has 1 fully saturated rings. The molecule has 0 saturated heterocycles. The van der Waals surface area contributed by atoms with E-state index in [1.165, 1.54) is 16.8 Å². The second kappa shape index (κ2) is 6.99. The van der Waals surface area contributed by atoms with Gasteiger partial charge in [0.25, 0.3) is 0 Å². The van der Waals surface area contributed by atoms with E-state index in [9.17, 15) is 26.0 Å². The Balaban J connectivity index is 1.62. The second-order valence-electron chi connectivity index (χ2n) is 6.23. The molecule has 0 amide bonds. The van der Waals surface area contributed by atoms with E-state index in [1.54, 1.807) is 0 Å². The predicted octanol–water partition coefficient (Wildman–Crippen LogP) is 3.04. The van der Waals surface area contributed by atoms with E-state index in [-0.39, 0.29) is 24.8 Å². The van der Waals surface area contributed by atoms with Crippen LogP contribution in [0.25, 0.3) is 0 Å². The lowest BCUT2D eigenvalue weighted by Crippen LogP contribution is -2.29. The predicted molar refractivity (Wildman–Crippen MR) is 86.2 cm³/mol. The Morgan fingerprint density at radius 1 is 1.19 bits per heavy atom. The van der Waals surface area contributed by atoms with Gasteiger partial charge >= 0.3 is 6.18 Å². The molecule has 1 aliphatic rings. The largest absolute Gasteiger partial charge is 0.435 e. The highest BCUT2D eigenvalue weighted by Crippen LogP contribution is 2.42. The summed E-state index contributed by atoms with van der Waals surface area (Å²) in [7, 11) is -3.69. The maximum atomic E-state index is 12.8. The van der Waals surface area contributed by atoms with E-state index >= 15 is 0 Å². The Bertz CT molecular complexity index is 872. The van der Waals surface area contributed by atoms with Crippen LogP contribution in [-0.4, -0.2) is 24.7 Å². The summed E-state index contributed by atoms with van der Waals surface area (Å²) in [5.74, 6) is -0.754. The average molecular weight is 391 g/mol. The van der Waals surface area contributed by atoms with Crippen molar-refractivity contribution < 1.29 is 26.0 Å². The van der Waals surface area contributed by atoms with Crippen LogP contribution in [0.1, 0.15) is 35.7 Å². The van der Waals surface area contributed by atoms with Gasteiger partial charge in [0.15, 0.2) is 5.69 Å². The molecular weight excluding hydrogens is 374 g/mol. The van der Waals surface area contributed by atoms with Gasteiger partial charge in [-0.3, -0.25) is 4.68 Å². The monoisotopic (exact) mass is 391 g/mol. The van der Waals surface area contributed by atoms with Gasteiger partial charge in [-0.15, -0.1) is 0 Å². The van der Waals surface area contributed by atoms with Crippen LogP contribution < -0.4 is 4.72 Å². The molecule has 0 unspecified atom stereocenters. The summed E-state index contributed by atoms with van der Waals surface area (Å²) in [6, 6.07) is 6.08. The zero-order chi connectivity index (χ0) is 18.9. The topological polar surface area (TPSA) is 64.0 Å². The van der Waals surface area contributed by atoms with Gasteiger partial charge < -0.3 is 0 Å². The van der Waals surface area contributed by atoms with Gasteiger partial charge in [0, 0.05) is 18.2 Å². The molecule has 0 atom stereocenters. The second-order valence-corrected chi connectivity index (χ2v) is 8.04. The quantitative estimate of drug-likeness (QED) is 0.738. The number of hydrogen-bond donors (Lipinski definition) is 1. The molecule has 1 N–H and O–H groups in total. The average Bonchev–Trinajstić information content (AvgIpc) is 3.28. The fourth-order valence-electron chi connectivity index (χ4n) is 2.61. The third kappa shape index (κ3) is 4.82. The summed E-state index contributed by atoms with van der Waals surface area (Å²) in [5, 5.41) is 3.57. The van der Waals surface area contributed by atoms with Crippen LogP contribution in [0.5, 0.6) is 0 Å². The molecule has 2 aromatic rings. The van der Waals surface area contributed by atoms with Gasteiger partial charge in [-0.2, -0.15) is 18.3 Å². The minimum atomic E-state index is -4.53. The molecule has 1 aromatic heterocycles. The first-order valence-corrected chi connectivity index (χ1v) is 9.66. The number of nitrogens with zero attached hydrogens (tertiary/aromatic N) is 2. The molecule has 10 heteroatoms. The molecule has 0 aliphatic heterocycles. The van der Waals surface area contributed by atoms with Crippen molar-refractivity contribution in [2.24, 2.45) is 0 Å². The van der Waals surface area contributed by atoms with Crippen molar-refractivity contribution in [2.75, 3.05) is 6.54 Å². The van der Waals surface area contributed by atoms with Crippen molar-refractivity contribution in [1.82, 2.24) is 14.5 Å². The molecule has 142 valence electrons. The van der Waals surface area contributed by atoms with Crippen LogP contribution in [0, 0.1) is 5.82 Å². The fraction of sp³-hybridized carbons (Fsp3) is 0.438. The van der Waals surface area contributed by atoms with E-state index in [1.807, 2.05) is 0 Å². The maximum Gasteiger partial charge on any atom is 0.435 e. The SMILES string of the molecule is O=S(=O)(Cc1ccc(F)cc1)NCCn1nc(C(F)(F)F)cc1C1CC1. The summed E-state index contributed by atoms with van der Waals surface area (Å²) < 4.78 is 79.0. The maximum absolute atomic E-state index is 12.8. The van der Waals surface area contributed by atoms with Crippen molar-refractivity contribution >= 4 is 10.0 Å². The Labute approximate surface area is 148 Å². The van der Waals surface area contributed by atoms with Crippen LogP contribution in [0.2, 0.25) is 0 Å². The first kappa shape index (κ1) is 18.8. The Hall–Kier alpha value is -1.94. The molecule has 1 saturated carbocycles. The Morgan fingerprint density at radius 3 is 2.42 bits per heavy atom. The third-order valence-corrected chi connectivity index (χ3v) is 5.37. The van der Waals surface area contributed by atoms with Gasteiger partial charge in [-0.1, -0.05) is 12.1 Å². The first-order chi connectivity index (χ1) is 12.1. The summed E-state index contributed by atoms with van der Waals surface area (Å²) in [5.41, 5.74) is -0.0698. The lowest BCUT2D eigenvalue weighted by Gasteiger charge is -2.09. The Morgan fingerprint density at radius 2 is 1.85 bits per heavy atom. The summed E-state index contributed by atoms with van der Waals surface area (Å²) in [6.45, 7) is -0.0766. The standard InChI is InChI=1S/C16H17F4N3O2S/c17-13-5-1-11(2-6-13)10-26(24,25)21-7-8-23-14(12-3-4-12)9-15(22-23)16(18,19)20/h1-2,5-6,9,12,21H,3-4,7-8,10H2. The number of hydrogen-bond acceptors (Lipinski definition) is 3. The molecular formula is C16H17F4N3O2S. The highest BCUT2D eigenvalue weighted by molar-refractivity contribution is 7.88. The minimum absolute atomic E-state index is 0.00452. The molecule has 0 spiro atoms. The van der Waals surface area contributed by atoms with Crippen LogP contribution >= 0.6 is 0 Å². The fourth-order valence-corrected chi connectivity index (χ4v) is 3.75. The number of nitrogens with one attached hydrogen (secondary N) is 1. The summed E-state index contributed by atoms with van der Waals surface area (Å²) in [4.78, 5) is 0. The van der Waals surface area contributed by atoms with Crippen LogP contribution in [-0.2, 0) is 28.5 Å². The van der Waals surface area contributed by atoms with Gasteiger partial charge in [0.1, 0.15) is 5.82 Å². The zero-order valence-corrected chi connectivity index (χ0v) is 14.4. The molecule has 1 heterocycles.